The highest BCUT2D eigenvalue weighted by Gasteiger charge is 2.32. The molecule has 0 amide bonds. The summed E-state index contributed by atoms with van der Waals surface area (Å²) in [6, 6.07) is 2.21. The molecule has 0 saturated carbocycles. The summed E-state index contributed by atoms with van der Waals surface area (Å²) in [7, 11) is 5.63. The quantitative estimate of drug-likeness (QED) is 0.807. The molecule has 2 aromatic heterocycles. The second kappa shape index (κ2) is 5.30. The largest absolute Gasteiger partial charge is 0.433 e. The molecule has 2 radical (unpaired) electrons. The van der Waals surface area contributed by atoms with Crippen LogP contribution in [0.3, 0.4) is 0 Å². The molecule has 104 valence electrons. The van der Waals surface area contributed by atoms with Gasteiger partial charge in [-0.1, -0.05) is 25.4 Å². The molecule has 20 heavy (non-hydrogen) atoms. The van der Waals surface area contributed by atoms with E-state index in [1.54, 1.807) is 10.9 Å². The molecule has 1 unspecified atom stereocenters. The Morgan fingerprint density at radius 2 is 1.90 bits per heavy atom. The summed E-state index contributed by atoms with van der Waals surface area (Å²) in [4.78, 5) is 3.49. The van der Waals surface area contributed by atoms with Gasteiger partial charge in [0.1, 0.15) is 13.5 Å². The molecule has 0 N–H and O–H groups in total. The topological polar surface area (TPSA) is 30.7 Å². The number of halogens is 3. The predicted octanol–water partition coefficient (Wildman–Crippen LogP) is 2.34. The van der Waals surface area contributed by atoms with Crippen molar-refractivity contribution >= 4 is 13.3 Å². The molecule has 0 aliphatic carbocycles. The van der Waals surface area contributed by atoms with E-state index in [4.69, 9.17) is 7.85 Å². The minimum atomic E-state index is -4.43. The van der Waals surface area contributed by atoms with Crippen molar-refractivity contribution in [1.29, 1.82) is 0 Å². The van der Waals surface area contributed by atoms with Gasteiger partial charge in [-0.25, -0.2) is 0 Å². The molecule has 3 nitrogen and oxygen atoms in total. The van der Waals surface area contributed by atoms with Crippen molar-refractivity contribution in [2.75, 3.05) is 0 Å². The fourth-order valence-electron chi connectivity index (χ4n) is 2.10. The Kier molecular flexibility index (Phi) is 3.88. The fourth-order valence-corrected chi connectivity index (χ4v) is 2.10. The van der Waals surface area contributed by atoms with Gasteiger partial charge in [-0.2, -0.15) is 18.3 Å². The Labute approximate surface area is 116 Å². The summed E-state index contributed by atoms with van der Waals surface area (Å²) in [5.74, 6) is 0.132. The maximum absolute atomic E-state index is 12.5. The van der Waals surface area contributed by atoms with Gasteiger partial charge in [0.25, 0.3) is 0 Å². The van der Waals surface area contributed by atoms with E-state index in [0.29, 0.717) is 11.0 Å². The highest BCUT2D eigenvalue weighted by atomic mass is 19.4. The highest BCUT2D eigenvalue weighted by Crippen LogP contribution is 2.30. The van der Waals surface area contributed by atoms with Crippen LogP contribution >= 0.6 is 0 Å². The van der Waals surface area contributed by atoms with E-state index in [-0.39, 0.29) is 12.0 Å². The van der Waals surface area contributed by atoms with Crippen LogP contribution in [-0.2, 0) is 6.18 Å². The second-order valence-electron chi connectivity index (χ2n) is 4.92. The van der Waals surface area contributed by atoms with Crippen molar-refractivity contribution in [2.24, 2.45) is 5.92 Å². The zero-order chi connectivity index (χ0) is 14.9. The van der Waals surface area contributed by atoms with Gasteiger partial charge in [-0.05, 0) is 17.5 Å². The van der Waals surface area contributed by atoms with E-state index in [9.17, 15) is 13.2 Å². The molecule has 2 heterocycles. The third kappa shape index (κ3) is 3.03. The summed E-state index contributed by atoms with van der Waals surface area (Å²) in [5.41, 5.74) is 0.273. The lowest BCUT2D eigenvalue weighted by molar-refractivity contribution is -0.141. The standard InChI is InChI=1S/C13H13BF3N3/c1-8(2)12(20-7-10(14)6-19-20)9-3-4-11(18-5-9)13(15,16)17/h3-8,12H,1-2H3. The predicted molar refractivity (Wildman–Crippen MR) is 69.8 cm³/mol. The molecular weight excluding hydrogens is 266 g/mol. The average molecular weight is 279 g/mol. The average Bonchev–Trinajstić information content (AvgIpc) is 2.75. The van der Waals surface area contributed by atoms with Crippen molar-refractivity contribution in [3.05, 3.63) is 42.0 Å². The first-order valence-corrected chi connectivity index (χ1v) is 6.12. The van der Waals surface area contributed by atoms with E-state index in [2.05, 4.69) is 10.1 Å². The Balaban J connectivity index is 2.36. The molecular formula is C13H13BF3N3. The van der Waals surface area contributed by atoms with Gasteiger partial charge in [0.2, 0.25) is 0 Å². The van der Waals surface area contributed by atoms with E-state index in [1.165, 1.54) is 18.5 Å². The number of rotatable bonds is 3. The zero-order valence-corrected chi connectivity index (χ0v) is 11.1. The summed E-state index contributed by atoms with van der Waals surface area (Å²) < 4.78 is 39.2. The first-order valence-electron chi connectivity index (χ1n) is 6.12. The molecule has 0 bridgehead atoms. The number of nitrogens with zero attached hydrogens (tertiary/aromatic N) is 3. The van der Waals surface area contributed by atoms with Crippen molar-refractivity contribution in [1.82, 2.24) is 14.8 Å². The van der Waals surface area contributed by atoms with Crippen LogP contribution < -0.4 is 5.46 Å². The van der Waals surface area contributed by atoms with Crippen LogP contribution in [0.5, 0.6) is 0 Å². The Morgan fingerprint density at radius 3 is 2.30 bits per heavy atom. The van der Waals surface area contributed by atoms with Gasteiger partial charge in [-0.3, -0.25) is 9.67 Å². The third-order valence-electron chi connectivity index (χ3n) is 2.96. The Bertz CT molecular complexity index is 575. The van der Waals surface area contributed by atoms with Crippen LogP contribution in [0, 0.1) is 5.92 Å². The SMILES string of the molecule is [B]c1cnn(C(c2ccc(C(F)(F)F)nc2)C(C)C)c1. The molecule has 0 spiro atoms. The maximum Gasteiger partial charge on any atom is 0.433 e. The Hall–Kier alpha value is -1.79. The van der Waals surface area contributed by atoms with Crippen molar-refractivity contribution < 1.29 is 13.2 Å². The minimum Gasteiger partial charge on any atom is -0.266 e. The molecule has 7 heteroatoms. The lowest BCUT2D eigenvalue weighted by Crippen LogP contribution is -2.18. The molecule has 0 fully saturated rings. The van der Waals surface area contributed by atoms with Gasteiger partial charge >= 0.3 is 6.18 Å². The summed E-state index contributed by atoms with van der Waals surface area (Å²) in [5, 5.41) is 4.13. The molecule has 2 rings (SSSR count). The molecule has 0 saturated heterocycles. The fraction of sp³-hybridized carbons (Fsp3) is 0.385. The summed E-state index contributed by atoms with van der Waals surface area (Å²) >= 11 is 0. The molecule has 1 atom stereocenters. The molecule has 0 aliphatic rings. The summed E-state index contributed by atoms with van der Waals surface area (Å²) in [6.45, 7) is 3.92. The van der Waals surface area contributed by atoms with Gasteiger partial charge in [0, 0.05) is 18.6 Å². The molecule has 0 aliphatic heterocycles. The monoisotopic (exact) mass is 279 g/mol. The van der Waals surface area contributed by atoms with Crippen LogP contribution in [0.1, 0.15) is 31.1 Å². The van der Waals surface area contributed by atoms with Crippen molar-refractivity contribution in [3.8, 4) is 0 Å². The van der Waals surface area contributed by atoms with Gasteiger partial charge in [-0.15, -0.1) is 0 Å². The van der Waals surface area contributed by atoms with E-state index in [0.717, 1.165) is 6.07 Å². The van der Waals surface area contributed by atoms with Gasteiger partial charge in [0.15, 0.2) is 0 Å². The number of hydrogen-bond donors (Lipinski definition) is 0. The first kappa shape index (κ1) is 14.6. The van der Waals surface area contributed by atoms with E-state index in [1.807, 2.05) is 13.8 Å². The third-order valence-corrected chi connectivity index (χ3v) is 2.96. The van der Waals surface area contributed by atoms with E-state index >= 15 is 0 Å². The number of hydrogen-bond acceptors (Lipinski definition) is 2. The molecule has 2 aromatic rings. The second-order valence-corrected chi connectivity index (χ2v) is 4.92. The van der Waals surface area contributed by atoms with Gasteiger partial charge in [0.05, 0.1) is 6.04 Å². The normalized spacial score (nSPS) is 13.7. The Morgan fingerprint density at radius 1 is 1.20 bits per heavy atom. The first-order chi connectivity index (χ1) is 9.29. The number of alkyl halides is 3. The van der Waals surface area contributed by atoms with Crippen molar-refractivity contribution in [2.45, 2.75) is 26.1 Å². The van der Waals surface area contributed by atoms with Crippen LogP contribution in [0.4, 0.5) is 13.2 Å². The molecule has 0 aromatic carbocycles. The maximum atomic E-state index is 12.5. The van der Waals surface area contributed by atoms with Crippen LogP contribution in [0.25, 0.3) is 0 Å². The van der Waals surface area contributed by atoms with Crippen molar-refractivity contribution in [3.63, 3.8) is 0 Å². The number of aromatic nitrogens is 3. The summed E-state index contributed by atoms with van der Waals surface area (Å²) in [6.07, 6.45) is -0.0252. The minimum absolute atomic E-state index is 0.132. The van der Waals surface area contributed by atoms with Gasteiger partial charge < -0.3 is 0 Å². The zero-order valence-electron chi connectivity index (χ0n) is 11.1. The lowest BCUT2D eigenvalue weighted by Gasteiger charge is -2.22. The highest BCUT2D eigenvalue weighted by molar-refractivity contribution is 6.31. The smallest absolute Gasteiger partial charge is 0.266 e. The van der Waals surface area contributed by atoms with Crippen LogP contribution in [0.2, 0.25) is 0 Å². The van der Waals surface area contributed by atoms with Crippen LogP contribution in [0.15, 0.2) is 30.7 Å². The lowest BCUT2D eigenvalue weighted by atomic mass is 9.96. The van der Waals surface area contributed by atoms with E-state index < -0.39 is 11.9 Å². The van der Waals surface area contributed by atoms with Crippen LogP contribution in [-0.4, -0.2) is 22.6 Å². The number of pyridine rings is 1.